The van der Waals surface area contributed by atoms with Crippen molar-refractivity contribution >= 4 is 43.2 Å². The molecule has 0 unspecified atom stereocenters. The maximum atomic E-state index is 12.7. The molecule has 1 aliphatic heterocycles. The number of piperidine rings is 1. The molecule has 2 aromatic carbocycles. The van der Waals surface area contributed by atoms with E-state index in [1.54, 1.807) is 24.3 Å². The average Bonchev–Trinajstić information content (AvgIpc) is 2.67. The van der Waals surface area contributed by atoms with Crippen molar-refractivity contribution in [2.24, 2.45) is 5.92 Å². The fraction of sp³-hybridized carbons (Fsp3) is 0.381. The van der Waals surface area contributed by atoms with Crippen molar-refractivity contribution in [1.82, 2.24) is 4.90 Å². The summed E-state index contributed by atoms with van der Waals surface area (Å²) >= 11 is 3.50. The van der Waals surface area contributed by atoms with Crippen molar-refractivity contribution in [2.45, 2.75) is 19.4 Å². The summed E-state index contributed by atoms with van der Waals surface area (Å²) in [6, 6.07) is 15.2. The second-order valence-electron chi connectivity index (χ2n) is 7.45. The highest BCUT2D eigenvalue weighted by Crippen LogP contribution is 2.24. The molecule has 6 nitrogen and oxygen atoms in total. The van der Waals surface area contributed by atoms with Crippen LogP contribution in [0.1, 0.15) is 18.4 Å². The van der Waals surface area contributed by atoms with Gasteiger partial charge in [0.1, 0.15) is 0 Å². The standard InChI is InChI=1S/C21H26BrN3O3S/c1-24(29(2,27)28)20-8-4-7-19(14-20)23-21(26)17-9-11-25(12-10-17)15-16-5-3-6-18(22)13-16/h3-8,13-14,17H,9-12,15H2,1-2H3,(H,23,26). The number of amides is 1. The van der Waals surface area contributed by atoms with Crippen LogP contribution in [0.4, 0.5) is 11.4 Å². The lowest BCUT2D eigenvalue weighted by Gasteiger charge is -2.31. The summed E-state index contributed by atoms with van der Waals surface area (Å²) in [6.07, 6.45) is 2.77. The van der Waals surface area contributed by atoms with E-state index in [-0.39, 0.29) is 11.8 Å². The molecule has 0 saturated carbocycles. The van der Waals surface area contributed by atoms with Crippen LogP contribution in [-0.2, 0) is 21.4 Å². The van der Waals surface area contributed by atoms with Gasteiger partial charge < -0.3 is 5.32 Å². The van der Waals surface area contributed by atoms with Gasteiger partial charge >= 0.3 is 0 Å². The molecular weight excluding hydrogens is 454 g/mol. The Bertz CT molecular complexity index is 973. The zero-order valence-electron chi connectivity index (χ0n) is 16.6. The molecule has 2 aromatic rings. The van der Waals surface area contributed by atoms with Gasteiger partial charge in [0.05, 0.1) is 11.9 Å². The maximum Gasteiger partial charge on any atom is 0.231 e. The van der Waals surface area contributed by atoms with Crippen molar-refractivity contribution in [3.63, 3.8) is 0 Å². The summed E-state index contributed by atoms with van der Waals surface area (Å²) < 4.78 is 25.7. The number of carbonyl (C=O) groups excluding carboxylic acids is 1. The lowest BCUT2D eigenvalue weighted by atomic mass is 9.95. The van der Waals surface area contributed by atoms with Gasteiger partial charge in [-0.15, -0.1) is 0 Å². The number of rotatable bonds is 6. The highest BCUT2D eigenvalue weighted by molar-refractivity contribution is 9.10. The molecule has 0 radical (unpaired) electrons. The zero-order chi connectivity index (χ0) is 21.0. The topological polar surface area (TPSA) is 69.7 Å². The number of halogens is 1. The molecule has 0 aromatic heterocycles. The third-order valence-corrected chi connectivity index (χ3v) is 6.93. The second kappa shape index (κ2) is 9.28. The molecule has 1 amide bonds. The van der Waals surface area contributed by atoms with E-state index in [9.17, 15) is 13.2 Å². The van der Waals surface area contributed by atoms with Crippen LogP contribution in [0.2, 0.25) is 0 Å². The van der Waals surface area contributed by atoms with Crippen LogP contribution < -0.4 is 9.62 Å². The van der Waals surface area contributed by atoms with Gasteiger partial charge in [-0.05, 0) is 61.8 Å². The molecule has 29 heavy (non-hydrogen) atoms. The maximum absolute atomic E-state index is 12.7. The molecule has 1 aliphatic rings. The van der Waals surface area contributed by atoms with Gasteiger partial charge in [-0.1, -0.05) is 34.1 Å². The number of nitrogens with zero attached hydrogens (tertiary/aromatic N) is 2. The molecule has 8 heteroatoms. The van der Waals surface area contributed by atoms with E-state index in [1.807, 2.05) is 12.1 Å². The van der Waals surface area contributed by atoms with E-state index >= 15 is 0 Å². The van der Waals surface area contributed by atoms with Gasteiger partial charge in [0.25, 0.3) is 0 Å². The van der Waals surface area contributed by atoms with E-state index in [0.717, 1.165) is 43.2 Å². The van der Waals surface area contributed by atoms with Crippen molar-refractivity contribution in [1.29, 1.82) is 0 Å². The van der Waals surface area contributed by atoms with Gasteiger partial charge in [0.2, 0.25) is 15.9 Å². The summed E-state index contributed by atoms with van der Waals surface area (Å²) in [5.74, 6) is -0.0451. The fourth-order valence-electron chi connectivity index (χ4n) is 3.46. The van der Waals surface area contributed by atoms with Crippen LogP contribution in [-0.4, -0.2) is 45.6 Å². The SMILES string of the molecule is CN(c1cccc(NC(=O)C2CCN(Cc3cccc(Br)c3)CC2)c1)S(C)(=O)=O. The Morgan fingerprint density at radius 1 is 1.17 bits per heavy atom. The number of nitrogens with one attached hydrogen (secondary N) is 1. The number of hydrogen-bond acceptors (Lipinski definition) is 4. The Kier molecular flexibility index (Phi) is 6.97. The first-order chi connectivity index (χ1) is 13.7. The smallest absolute Gasteiger partial charge is 0.231 e. The highest BCUT2D eigenvalue weighted by Gasteiger charge is 2.25. The Morgan fingerprint density at radius 3 is 2.52 bits per heavy atom. The van der Waals surface area contributed by atoms with Crippen LogP contribution >= 0.6 is 15.9 Å². The summed E-state index contributed by atoms with van der Waals surface area (Å²) in [5, 5.41) is 2.95. The van der Waals surface area contributed by atoms with Crippen LogP contribution in [0, 0.1) is 5.92 Å². The molecule has 1 heterocycles. The molecule has 1 saturated heterocycles. The quantitative estimate of drug-likeness (QED) is 0.685. The Hall–Kier alpha value is -1.90. The van der Waals surface area contributed by atoms with E-state index in [0.29, 0.717) is 11.4 Å². The highest BCUT2D eigenvalue weighted by atomic mass is 79.9. The molecule has 0 spiro atoms. The van der Waals surface area contributed by atoms with Gasteiger partial charge in [0.15, 0.2) is 0 Å². The van der Waals surface area contributed by atoms with Crippen LogP contribution in [0.15, 0.2) is 53.0 Å². The van der Waals surface area contributed by atoms with E-state index in [4.69, 9.17) is 0 Å². The molecule has 0 bridgehead atoms. The summed E-state index contributed by atoms with van der Waals surface area (Å²) in [4.78, 5) is 15.1. The third-order valence-electron chi connectivity index (χ3n) is 5.23. The lowest BCUT2D eigenvalue weighted by Crippen LogP contribution is -2.37. The number of sulfonamides is 1. The molecule has 1 fully saturated rings. The Balaban J connectivity index is 1.55. The van der Waals surface area contributed by atoms with E-state index in [1.165, 1.54) is 16.9 Å². The molecule has 0 atom stereocenters. The molecular formula is C21H26BrN3O3S. The average molecular weight is 480 g/mol. The lowest BCUT2D eigenvalue weighted by molar-refractivity contribution is -0.121. The summed E-state index contributed by atoms with van der Waals surface area (Å²) in [6.45, 7) is 2.64. The zero-order valence-corrected chi connectivity index (χ0v) is 19.0. The number of likely N-dealkylation sites (tertiary alicyclic amines) is 1. The van der Waals surface area contributed by atoms with Gasteiger partial charge in [0, 0.05) is 29.7 Å². The minimum Gasteiger partial charge on any atom is -0.326 e. The molecule has 3 rings (SSSR count). The minimum atomic E-state index is -3.34. The Morgan fingerprint density at radius 2 is 1.86 bits per heavy atom. The van der Waals surface area contributed by atoms with Gasteiger partial charge in [-0.25, -0.2) is 8.42 Å². The van der Waals surface area contributed by atoms with Crippen molar-refractivity contribution in [3.8, 4) is 0 Å². The first-order valence-electron chi connectivity index (χ1n) is 9.54. The fourth-order valence-corrected chi connectivity index (χ4v) is 4.41. The van der Waals surface area contributed by atoms with Gasteiger partial charge in [-0.2, -0.15) is 0 Å². The van der Waals surface area contributed by atoms with E-state index < -0.39 is 10.0 Å². The molecule has 156 valence electrons. The van der Waals surface area contributed by atoms with Crippen LogP contribution in [0.3, 0.4) is 0 Å². The predicted molar refractivity (Wildman–Crippen MR) is 120 cm³/mol. The number of benzene rings is 2. The largest absolute Gasteiger partial charge is 0.326 e. The summed E-state index contributed by atoms with van der Waals surface area (Å²) in [5.41, 5.74) is 2.39. The first kappa shape index (κ1) is 21.8. The van der Waals surface area contributed by atoms with Crippen molar-refractivity contribution in [3.05, 3.63) is 58.6 Å². The number of anilines is 2. The van der Waals surface area contributed by atoms with Crippen LogP contribution in [0.5, 0.6) is 0 Å². The van der Waals surface area contributed by atoms with Crippen molar-refractivity contribution < 1.29 is 13.2 Å². The third kappa shape index (κ3) is 6.04. The second-order valence-corrected chi connectivity index (χ2v) is 10.4. The molecule has 1 N–H and O–H groups in total. The predicted octanol–water partition coefficient (Wildman–Crippen LogP) is 3.70. The first-order valence-corrected chi connectivity index (χ1v) is 12.2. The minimum absolute atomic E-state index is 0.00809. The normalized spacial score (nSPS) is 15.8. The van der Waals surface area contributed by atoms with Crippen molar-refractivity contribution in [2.75, 3.05) is 36.0 Å². The van der Waals surface area contributed by atoms with Gasteiger partial charge in [-0.3, -0.25) is 14.0 Å². The molecule has 0 aliphatic carbocycles. The number of carbonyl (C=O) groups is 1. The monoisotopic (exact) mass is 479 g/mol. The Labute approximate surface area is 181 Å². The number of hydrogen-bond donors (Lipinski definition) is 1. The van der Waals surface area contributed by atoms with Crippen LogP contribution in [0.25, 0.3) is 0 Å². The van der Waals surface area contributed by atoms with E-state index in [2.05, 4.69) is 38.3 Å². The summed E-state index contributed by atoms with van der Waals surface area (Å²) in [7, 11) is -1.85.